The zero-order valence-corrected chi connectivity index (χ0v) is 25.9. The zero-order valence-electron chi connectivity index (χ0n) is 25.9. The quantitative estimate of drug-likeness (QED) is 0.383. The van der Waals surface area contributed by atoms with Crippen molar-refractivity contribution in [1.29, 1.82) is 5.26 Å². The fourth-order valence-electron chi connectivity index (χ4n) is 8.09. The Morgan fingerprint density at radius 1 is 0.976 bits per heavy atom. The molecule has 5 rings (SSSR count). The van der Waals surface area contributed by atoms with Gasteiger partial charge < -0.3 is 24.8 Å². The average molecular weight is 574 g/mol. The Kier molecular flexibility index (Phi) is 8.76. The highest BCUT2D eigenvalue weighted by Crippen LogP contribution is 2.55. The summed E-state index contributed by atoms with van der Waals surface area (Å²) < 4.78 is 11.8. The van der Waals surface area contributed by atoms with Crippen LogP contribution in [0.15, 0.2) is 42.5 Å². The van der Waals surface area contributed by atoms with Crippen LogP contribution in [0.4, 0.5) is 5.69 Å². The lowest BCUT2D eigenvalue weighted by atomic mass is 9.49. The molecule has 1 aliphatic heterocycles. The molecule has 0 spiro atoms. The van der Waals surface area contributed by atoms with Crippen LogP contribution < -0.4 is 19.7 Å². The number of hydrogen-bond donors (Lipinski definition) is 2. The second-order valence-electron chi connectivity index (χ2n) is 13.9. The summed E-state index contributed by atoms with van der Waals surface area (Å²) in [5, 5.41) is 22.4. The Morgan fingerprint density at radius 3 is 2.19 bits per heavy atom. The number of piperidine rings is 1. The molecule has 2 aromatic rings. The van der Waals surface area contributed by atoms with Gasteiger partial charge in [0.2, 0.25) is 0 Å². The number of nitrogens with zero attached hydrogens (tertiary/aromatic N) is 2. The summed E-state index contributed by atoms with van der Waals surface area (Å²) in [5.41, 5.74) is 1.71. The largest absolute Gasteiger partial charge is 0.495 e. The fraction of sp³-hybridized carbons (Fsp3) is 0.600. The third kappa shape index (κ3) is 6.10. The summed E-state index contributed by atoms with van der Waals surface area (Å²) >= 11 is 0. The first-order valence-electron chi connectivity index (χ1n) is 15.6. The third-order valence-electron chi connectivity index (χ3n) is 10.3. The molecule has 2 N–H and O–H groups in total. The second-order valence-corrected chi connectivity index (χ2v) is 13.9. The number of methoxy groups -OCH3 is 1. The molecule has 0 unspecified atom stereocenters. The highest BCUT2D eigenvalue weighted by atomic mass is 16.5. The highest BCUT2D eigenvalue weighted by Gasteiger charge is 2.64. The van der Waals surface area contributed by atoms with Gasteiger partial charge in [0, 0.05) is 47.3 Å². The lowest BCUT2D eigenvalue weighted by molar-refractivity contribution is -0.164. The number of carbonyl (C=O) groups excluding carboxylic acids is 1. The van der Waals surface area contributed by atoms with Crippen LogP contribution in [-0.4, -0.2) is 49.5 Å². The van der Waals surface area contributed by atoms with E-state index in [-0.39, 0.29) is 35.0 Å². The van der Waals surface area contributed by atoms with Crippen molar-refractivity contribution in [2.24, 2.45) is 22.7 Å². The van der Waals surface area contributed by atoms with Gasteiger partial charge in [-0.2, -0.15) is 5.26 Å². The molecule has 1 heterocycles. The predicted molar refractivity (Wildman–Crippen MR) is 165 cm³/mol. The summed E-state index contributed by atoms with van der Waals surface area (Å²) in [7, 11) is 1.55. The number of aliphatic hydroxyl groups excluding tert-OH is 1. The van der Waals surface area contributed by atoms with E-state index in [1.807, 2.05) is 12.1 Å². The maximum atomic E-state index is 13.4. The van der Waals surface area contributed by atoms with Crippen LogP contribution in [0, 0.1) is 34.0 Å². The van der Waals surface area contributed by atoms with Crippen LogP contribution >= 0.6 is 0 Å². The smallest absolute Gasteiger partial charge is 0.251 e. The molecule has 2 aromatic carbocycles. The number of hydrogen-bond acceptors (Lipinski definition) is 6. The first kappa shape index (κ1) is 30.2. The minimum absolute atomic E-state index is 0.0671. The van der Waals surface area contributed by atoms with Crippen molar-refractivity contribution in [1.82, 2.24) is 5.32 Å². The van der Waals surface area contributed by atoms with Crippen molar-refractivity contribution in [3.05, 3.63) is 53.6 Å². The summed E-state index contributed by atoms with van der Waals surface area (Å²) in [6, 6.07) is 15.4. The van der Waals surface area contributed by atoms with Crippen LogP contribution in [0.1, 0.15) is 88.6 Å². The Hall–Kier alpha value is -3.24. The number of amides is 1. The van der Waals surface area contributed by atoms with Crippen LogP contribution in [0.5, 0.6) is 11.5 Å². The number of benzene rings is 2. The second kappa shape index (κ2) is 12.2. The molecule has 7 heteroatoms. The van der Waals surface area contributed by atoms with Crippen molar-refractivity contribution >= 4 is 11.6 Å². The molecule has 3 aliphatic rings. The number of anilines is 1. The van der Waals surface area contributed by atoms with Gasteiger partial charge >= 0.3 is 0 Å². The van der Waals surface area contributed by atoms with Crippen molar-refractivity contribution in [2.45, 2.75) is 90.9 Å². The van der Waals surface area contributed by atoms with Gasteiger partial charge in [0.05, 0.1) is 18.8 Å². The summed E-state index contributed by atoms with van der Waals surface area (Å²) in [4.78, 5) is 15.8. The molecule has 0 radical (unpaired) electrons. The first-order chi connectivity index (χ1) is 20.0. The lowest BCUT2D eigenvalue weighted by Gasteiger charge is -2.63. The van der Waals surface area contributed by atoms with E-state index in [1.165, 1.54) is 37.8 Å². The summed E-state index contributed by atoms with van der Waals surface area (Å²) in [6.45, 7) is 10.6. The molecule has 42 heavy (non-hydrogen) atoms. The molecule has 2 saturated carbocycles. The van der Waals surface area contributed by atoms with Gasteiger partial charge in [0.15, 0.2) is 0 Å². The van der Waals surface area contributed by atoms with Gasteiger partial charge in [0.25, 0.3) is 5.91 Å². The Bertz CT molecular complexity index is 1270. The SMILES string of the molecule is COc1cc(OC2C(C)(C)C(NC(=O)c3ccc(N4CCC(CC5CCC(O)CC5)CC4)cc3)C2(C)C)ccc1C#N. The number of rotatable bonds is 8. The molecule has 0 aromatic heterocycles. The number of nitrogens with one attached hydrogen (secondary N) is 1. The molecule has 2 aliphatic carbocycles. The van der Waals surface area contributed by atoms with E-state index in [0.717, 1.165) is 37.8 Å². The molecule has 3 fully saturated rings. The molecule has 226 valence electrons. The Labute approximate surface area is 251 Å². The van der Waals surface area contributed by atoms with E-state index in [9.17, 15) is 15.2 Å². The molecule has 0 bridgehead atoms. The fourth-order valence-corrected chi connectivity index (χ4v) is 8.09. The highest BCUT2D eigenvalue weighted by molar-refractivity contribution is 5.95. The number of ether oxygens (including phenoxy) is 2. The van der Waals surface area contributed by atoms with Gasteiger partial charge in [-0.05, 0) is 93.2 Å². The molecule has 7 nitrogen and oxygen atoms in total. The number of carbonyl (C=O) groups is 1. The van der Waals surface area contributed by atoms with Gasteiger partial charge in [-0.3, -0.25) is 4.79 Å². The number of nitriles is 1. The zero-order chi connectivity index (χ0) is 30.1. The topological polar surface area (TPSA) is 94.8 Å². The minimum Gasteiger partial charge on any atom is -0.495 e. The van der Waals surface area contributed by atoms with E-state index in [1.54, 1.807) is 25.3 Å². The Morgan fingerprint density at radius 2 is 1.60 bits per heavy atom. The van der Waals surface area contributed by atoms with Crippen LogP contribution in [0.2, 0.25) is 0 Å². The third-order valence-corrected chi connectivity index (χ3v) is 10.3. The van der Waals surface area contributed by atoms with Crippen LogP contribution in [0.25, 0.3) is 0 Å². The van der Waals surface area contributed by atoms with Gasteiger partial charge in [0.1, 0.15) is 23.7 Å². The number of aliphatic hydroxyl groups is 1. The van der Waals surface area contributed by atoms with E-state index in [2.05, 4.69) is 56.1 Å². The van der Waals surface area contributed by atoms with E-state index >= 15 is 0 Å². The van der Waals surface area contributed by atoms with Crippen molar-refractivity contribution in [2.75, 3.05) is 25.1 Å². The molecule has 1 saturated heterocycles. The normalized spacial score (nSPS) is 26.9. The maximum Gasteiger partial charge on any atom is 0.251 e. The van der Waals surface area contributed by atoms with E-state index in [0.29, 0.717) is 22.6 Å². The lowest BCUT2D eigenvalue weighted by Crippen LogP contribution is -2.74. The standard InChI is InChI=1S/C35H47N3O4/c1-34(2)32(35(3,4)33(34)42-29-15-10-26(22-36)30(21-29)41-5)37-31(40)25-8-11-27(12-9-25)38-18-16-24(17-19-38)20-23-6-13-28(39)14-7-23/h8-12,15,21,23-24,28,32-33,39H,6-7,13-14,16-20H2,1-5H3,(H,37,40). The first-order valence-corrected chi connectivity index (χ1v) is 15.6. The molecular weight excluding hydrogens is 526 g/mol. The van der Waals surface area contributed by atoms with E-state index in [4.69, 9.17) is 9.47 Å². The van der Waals surface area contributed by atoms with Crippen LogP contribution in [-0.2, 0) is 0 Å². The predicted octanol–water partition coefficient (Wildman–Crippen LogP) is 6.34. The molecule has 1 amide bonds. The minimum atomic E-state index is -0.304. The average Bonchev–Trinajstić information content (AvgIpc) is 2.99. The molecular formula is C35H47N3O4. The maximum absolute atomic E-state index is 13.4. The van der Waals surface area contributed by atoms with Crippen molar-refractivity contribution < 1.29 is 19.4 Å². The van der Waals surface area contributed by atoms with E-state index < -0.39 is 0 Å². The summed E-state index contributed by atoms with van der Waals surface area (Å²) in [5.74, 6) is 2.64. The Balaban J connectivity index is 1.14. The summed E-state index contributed by atoms with van der Waals surface area (Å²) in [6.07, 6.45) is 7.83. The van der Waals surface area contributed by atoms with Gasteiger partial charge in [-0.15, -0.1) is 0 Å². The monoisotopic (exact) mass is 573 g/mol. The van der Waals surface area contributed by atoms with Gasteiger partial charge in [-0.25, -0.2) is 0 Å². The van der Waals surface area contributed by atoms with Crippen molar-refractivity contribution in [3.63, 3.8) is 0 Å². The van der Waals surface area contributed by atoms with Crippen LogP contribution in [0.3, 0.4) is 0 Å². The van der Waals surface area contributed by atoms with Crippen molar-refractivity contribution in [3.8, 4) is 17.6 Å². The molecule has 0 atom stereocenters. The van der Waals surface area contributed by atoms with Gasteiger partial charge in [-0.1, -0.05) is 27.7 Å².